The van der Waals surface area contributed by atoms with Gasteiger partial charge in [0.1, 0.15) is 0 Å². The quantitative estimate of drug-likeness (QED) is 0.298. The van der Waals surface area contributed by atoms with E-state index in [0.29, 0.717) is 5.16 Å². The first kappa shape index (κ1) is 21.9. The minimum absolute atomic E-state index is 0. The summed E-state index contributed by atoms with van der Waals surface area (Å²) in [4.78, 5) is 0. The fourth-order valence-corrected chi connectivity index (χ4v) is 3.27. The van der Waals surface area contributed by atoms with E-state index >= 15 is 0 Å². The summed E-state index contributed by atoms with van der Waals surface area (Å²) in [6.45, 7) is 7.02. The van der Waals surface area contributed by atoms with Gasteiger partial charge in [-0.05, 0) is 29.5 Å². The molecule has 0 nitrogen and oxygen atoms in total. The van der Waals surface area contributed by atoms with Crippen molar-refractivity contribution in [1.82, 2.24) is 0 Å². The van der Waals surface area contributed by atoms with Crippen LogP contribution >= 0.6 is 21.6 Å². The van der Waals surface area contributed by atoms with Crippen LogP contribution in [0.25, 0.3) is 0 Å². The Morgan fingerprint density at radius 3 is 2.00 bits per heavy atom. The van der Waals surface area contributed by atoms with Gasteiger partial charge in [-0.1, -0.05) is 96.0 Å². The summed E-state index contributed by atoms with van der Waals surface area (Å²) in [7, 11) is 3.07. The van der Waals surface area contributed by atoms with Crippen LogP contribution in [0.1, 0.15) is 77.7 Å². The number of rotatable bonds is 11. The minimum Gasteiger partial charge on any atom is -0.147 e. The first-order valence-electron chi connectivity index (χ1n) is 8.87. The first-order chi connectivity index (χ1) is 10.0. The lowest BCUT2D eigenvalue weighted by Gasteiger charge is -2.31. The molecule has 0 aliphatic heterocycles. The fourth-order valence-electron chi connectivity index (χ4n) is 2.98. The molecule has 0 N–H and O–H groups in total. The summed E-state index contributed by atoms with van der Waals surface area (Å²) >= 11 is 0. The molecule has 0 amide bonds. The Bertz CT molecular complexity index is 356. The molecule has 0 aliphatic rings. The van der Waals surface area contributed by atoms with Crippen LogP contribution in [0.2, 0.25) is 0 Å². The van der Waals surface area contributed by atoms with Gasteiger partial charge in [-0.3, -0.25) is 0 Å². The van der Waals surface area contributed by atoms with E-state index in [-0.39, 0.29) is 12.4 Å². The summed E-state index contributed by atoms with van der Waals surface area (Å²) in [5, 5.41) is 0.331. The molecule has 0 fully saturated rings. The zero-order chi connectivity index (χ0) is 15.6. The third-order valence-electron chi connectivity index (χ3n) is 4.53. The van der Waals surface area contributed by atoms with Gasteiger partial charge in [0.2, 0.25) is 0 Å². The summed E-state index contributed by atoms with van der Waals surface area (Å²) in [5.74, 6) is 0.764. The number of halogens is 1. The number of unbranched alkanes of at least 4 members (excludes halogenated alkanes) is 6. The van der Waals surface area contributed by atoms with Crippen molar-refractivity contribution in [1.29, 1.82) is 0 Å². The average molecular weight is 343 g/mol. The van der Waals surface area contributed by atoms with Crippen molar-refractivity contribution in [2.24, 2.45) is 5.92 Å². The molecular formula is C20H36ClP. The van der Waals surface area contributed by atoms with Crippen molar-refractivity contribution in [3.8, 4) is 0 Å². The second-order valence-corrected chi connectivity index (χ2v) is 8.61. The molecular weight excluding hydrogens is 307 g/mol. The molecule has 22 heavy (non-hydrogen) atoms. The maximum absolute atomic E-state index is 3.07. The van der Waals surface area contributed by atoms with Crippen LogP contribution in [-0.2, 0) is 6.42 Å². The van der Waals surface area contributed by atoms with Gasteiger partial charge in [0.25, 0.3) is 0 Å². The first-order valence-corrected chi connectivity index (χ1v) is 9.44. The zero-order valence-corrected chi connectivity index (χ0v) is 16.8. The second kappa shape index (κ2) is 12.4. The lowest BCUT2D eigenvalue weighted by atomic mass is 9.84. The van der Waals surface area contributed by atoms with Crippen LogP contribution in [-0.4, -0.2) is 5.16 Å². The fraction of sp³-hybridized carbons (Fsp3) is 0.700. The molecule has 1 aromatic carbocycles. The third kappa shape index (κ3) is 9.86. The molecule has 0 saturated carbocycles. The predicted molar refractivity (Wildman–Crippen MR) is 107 cm³/mol. The Morgan fingerprint density at radius 2 is 1.45 bits per heavy atom. The summed E-state index contributed by atoms with van der Waals surface area (Å²) in [6.07, 6.45) is 12.4. The van der Waals surface area contributed by atoms with E-state index in [0.717, 1.165) is 5.92 Å². The Labute approximate surface area is 147 Å². The standard InChI is InChI=1S/C20H35P.ClH/c1-4-5-6-7-8-9-13-16-19(20(2,3)21)17-18-14-11-10-12-15-18;/h10-12,14-15,19H,4-9,13,16-17,21H2,1-3H3;1H. The van der Waals surface area contributed by atoms with E-state index in [1.54, 1.807) is 0 Å². The van der Waals surface area contributed by atoms with Crippen molar-refractivity contribution >= 4 is 21.6 Å². The van der Waals surface area contributed by atoms with Gasteiger partial charge in [-0.25, -0.2) is 0 Å². The molecule has 0 spiro atoms. The normalized spacial score (nSPS) is 12.7. The van der Waals surface area contributed by atoms with E-state index in [9.17, 15) is 0 Å². The third-order valence-corrected chi connectivity index (χ3v) is 5.00. The molecule has 0 heterocycles. The Balaban J connectivity index is 0.00000441. The summed E-state index contributed by atoms with van der Waals surface area (Å²) in [5.41, 5.74) is 1.49. The Hall–Kier alpha value is -0.0600. The van der Waals surface area contributed by atoms with E-state index in [2.05, 4.69) is 60.3 Å². The van der Waals surface area contributed by atoms with Crippen LogP contribution in [0.4, 0.5) is 0 Å². The Morgan fingerprint density at radius 1 is 0.909 bits per heavy atom. The van der Waals surface area contributed by atoms with Gasteiger partial charge in [-0.15, -0.1) is 21.6 Å². The van der Waals surface area contributed by atoms with Gasteiger partial charge in [-0.2, -0.15) is 0 Å². The van der Waals surface area contributed by atoms with Crippen LogP contribution in [0.15, 0.2) is 30.3 Å². The molecule has 0 saturated heterocycles. The average Bonchev–Trinajstić information content (AvgIpc) is 2.45. The zero-order valence-electron chi connectivity index (χ0n) is 14.8. The van der Waals surface area contributed by atoms with Crippen molar-refractivity contribution < 1.29 is 0 Å². The molecule has 1 aromatic rings. The molecule has 0 radical (unpaired) electrons. The highest BCUT2D eigenvalue weighted by Crippen LogP contribution is 2.33. The van der Waals surface area contributed by atoms with Gasteiger partial charge in [0.15, 0.2) is 0 Å². The van der Waals surface area contributed by atoms with Crippen molar-refractivity contribution in [3.05, 3.63) is 35.9 Å². The van der Waals surface area contributed by atoms with Gasteiger partial charge in [0, 0.05) is 0 Å². The number of benzene rings is 1. The van der Waals surface area contributed by atoms with E-state index in [1.165, 1.54) is 63.4 Å². The van der Waals surface area contributed by atoms with Crippen molar-refractivity contribution in [3.63, 3.8) is 0 Å². The molecule has 2 atom stereocenters. The maximum Gasteiger partial charge on any atom is -0.0175 e. The van der Waals surface area contributed by atoms with Gasteiger partial charge < -0.3 is 0 Å². The molecule has 1 rings (SSSR count). The highest BCUT2D eigenvalue weighted by atomic mass is 35.5. The molecule has 0 bridgehead atoms. The predicted octanol–water partition coefficient (Wildman–Crippen LogP) is 7.06. The van der Waals surface area contributed by atoms with Gasteiger partial charge in [0.05, 0.1) is 0 Å². The molecule has 0 aliphatic carbocycles. The monoisotopic (exact) mass is 342 g/mol. The van der Waals surface area contributed by atoms with Crippen molar-refractivity contribution in [2.75, 3.05) is 0 Å². The number of hydrogen-bond acceptors (Lipinski definition) is 0. The molecule has 0 aromatic heterocycles. The van der Waals surface area contributed by atoms with E-state index in [1.807, 2.05) is 0 Å². The van der Waals surface area contributed by atoms with E-state index < -0.39 is 0 Å². The number of hydrogen-bond donors (Lipinski definition) is 0. The SMILES string of the molecule is CCCCCCCCCC(Cc1ccccc1)C(C)(C)P.Cl. The Kier molecular flexibility index (Phi) is 12.3. The van der Waals surface area contributed by atoms with Crippen LogP contribution in [0, 0.1) is 5.92 Å². The van der Waals surface area contributed by atoms with Gasteiger partial charge >= 0.3 is 0 Å². The largest absolute Gasteiger partial charge is 0.147 e. The van der Waals surface area contributed by atoms with E-state index in [4.69, 9.17) is 0 Å². The molecule has 128 valence electrons. The second-order valence-electron chi connectivity index (χ2n) is 7.12. The van der Waals surface area contributed by atoms with Crippen molar-refractivity contribution in [2.45, 2.75) is 83.7 Å². The highest BCUT2D eigenvalue weighted by molar-refractivity contribution is 7.18. The molecule has 2 heteroatoms. The minimum atomic E-state index is 0. The molecule has 2 unspecified atom stereocenters. The lowest BCUT2D eigenvalue weighted by Crippen LogP contribution is -2.26. The van der Waals surface area contributed by atoms with Crippen LogP contribution in [0.3, 0.4) is 0 Å². The van der Waals surface area contributed by atoms with Crippen LogP contribution in [0.5, 0.6) is 0 Å². The lowest BCUT2D eigenvalue weighted by molar-refractivity contribution is 0.373. The smallest absolute Gasteiger partial charge is 0.0175 e. The van der Waals surface area contributed by atoms with Crippen LogP contribution < -0.4 is 0 Å². The highest BCUT2D eigenvalue weighted by Gasteiger charge is 2.24. The summed E-state index contributed by atoms with van der Waals surface area (Å²) < 4.78 is 0. The topological polar surface area (TPSA) is 0 Å². The maximum atomic E-state index is 3.07. The summed E-state index contributed by atoms with van der Waals surface area (Å²) in [6, 6.07) is 11.0.